The second-order valence-electron chi connectivity index (χ2n) is 4.79. The van der Waals surface area contributed by atoms with Crippen molar-refractivity contribution in [3.63, 3.8) is 0 Å². The molecule has 0 saturated carbocycles. The van der Waals surface area contributed by atoms with Crippen LogP contribution in [0, 0.1) is 13.8 Å². The molecule has 21 heavy (non-hydrogen) atoms. The van der Waals surface area contributed by atoms with Gasteiger partial charge in [0.15, 0.2) is 0 Å². The molecular formula is C15H21N5O. The van der Waals surface area contributed by atoms with Crippen LogP contribution >= 0.6 is 0 Å². The number of aromatic nitrogens is 2. The van der Waals surface area contributed by atoms with Crippen molar-refractivity contribution in [1.29, 1.82) is 0 Å². The molecule has 0 aliphatic heterocycles. The largest absolute Gasteiger partial charge is 0.495 e. The molecule has 1 aromatic carbocycles. The number of hydrogen-bond donors (Lipinski definition) is 3. The van der Waals surface area contributed by atoms with Crippen molar-refractivity contribution >= 4 is 17.3 Å². The lowest BCUT2D eigenvalue weighted by molar-refractivity contribution is 0.416. The first kappa shape index (κ1) is 15.1. The third-order valence-corrected chi connectivity index (χ3v) is 3.25. The number of nitrogen functional groups attached to an aromatic ring is 1. The Labute approximate surface area is 124 Å². The molecule has 1 heterocycles. The summed E-state index contributed by atoms with van der Waals surface area (Å²) < 4.78 is 5.38. The Morgan fingerprint density at radius 1 is 1.19 bits per heavy atom. The summed E-state index contributed by atoms with van der Waals surface area (Å²) in [4.78, 5) is 8.88. The van der Waals surface area contributed by atoms with Crippen molar-refractivity contribution < 1.29 is 4.74 Å². The van der Waals surface area contributed by atoms with Gasteiger partial charge in [-0.25, -0.2) is 15.8 Å². The van der Waals surface area contributed by atoms with Crippen molar-refractivity contribution in [1.82, 2.24) is 9.97 Å². The Kier molecular flexibility index (Phi) is 4.59. The molecule has 0 saturated heterocycles. The van der Waals surface area contributed by atoms with E-state index in [0.29, 0.717) is 5.82 Å². The Bertz CT molecular complexity index is 642. The van der Waals surface area contributed by atoms with Gasteiger partial charge in [-0.1, -0.05) is 13.0 Å². The van der Waals surface area contributed by atoms with Crippen molar-refractivity contribution in [2.45, 2.75) is 27.2 Å². The second kappa shape index (κ2) is 6.41. The maximum absolute atomic E-state index is 5.52. The molecule has 0 atom stereocenters. The van der Waals surface area contributed by atoms with E-state index < -0.39 is 0 Å². The highest BCUT2D eigenvalue weighted by Crippen LogP contribution is 2.30. The van der Waals surface area contributed by atoms with Gasteiger partial charge in [0.25, 0.3) is 0 Å². The van der Waals surface area contributed by atoms with E-state index in [-0.39, 0.29) is 0 Å². The molecule has 2 rings (SSSR count). The molecule has 4 N–H and O–H groups in total. The molecule has 6 heteroatoms. The third kappa shape index (κ3) is 3.22. The number of nitrogens with zero attached hydrogens (tertiary/aromatic N) is 2. The van der Waals surface area contributed by atoms with Crippen LogP contribution < -0.4 is 21.3 Å². The SMILES string of the molecule is CCc1nc(NN)c(C)c(Nc2cc(C)ccc2OC)n1. The lowest BCUT2D eigenvalue weighted by atomic mass is 10.2. The van der Waals surface area contributed by atoms with Crippen LogP contribution in [0.15, 0.2) is 18.2 Å². The zero-order valence-electron chi connectivity index (χ0n) is 12.8. The summed E-state index contributed by atoms with van der Waals surface area (Å²) in [5.74, 6) is 8.35. The lowest BCUT2D eigenvalue weighted by Gasteiger charge is -2.15. The highest BCUT2D eigenvalue weighted by molar-refractivity contribution is 5.69. The van der Waals surface area contributed by atoms with Crippen LogP contribution in [0.2, 0.25) is 0 Å². The Morgan fingerprint density at radius 3 is 2.52 bits per heavy atom. The minimum absolute atomic E-state index is 0.621. The van der Waals surface area contributed by atoms with Gasteiger partial charge in [-0.3, -0.25) is 0 Å². The molecule has 0 amide bonds. The number of nitrogens with one attached hydrogen (secondary N) is 2. The van der Waals surface area contributed by atoms with Crippen LogP contribution in [0.5, 0.6) is 5.75 Å². The highest BCUT2D eigenvalue weighted by Gasteiger charge is 2.12. The molecule has 6 nitrogen and oxygen atoms in total. The van der Waals surface area contributed by atoms with Gasteiger partial charge in [0.05, 0.1) is 12.8 Å². The first-order valence-corrected chi connectivity index (χ1v) is 6.84. The quantitative estimate of drug-likeness (QED) is 0.579. The van der Waals surface area contributed by atoms with Gasteiger partial charge in [-0.15, -0.1) is 0 Å². The molecule has 0 aliphatic carbocycles. The molecule has 2 aromatic rings. The fourth-order valence-electron chi connectivity index (χ4n) is 2.03. The molecule has 0 bridgehead atoms. The molecular weight excluding hydrogens is 266 g/mol. The van der Waals surface area contributed by atoms with Crippen LogP contribution in [0.3, 0.4) is 0 Å². The first-order valence-electron chi connectivity index (χ1n) is 6.84. The average Bonchev–Trinajstić information content (AvgIpc) is 2.49. The highest BCUT2D eigenvalue weighted by atomic mass is 16.5. The average molecular weight is 287 g/mol. The van der Waals surface area contributed by atoms with Crippen molar-refractivity contribution in [2.24, 2.45) is 5.84 Å². The summed E-state index contributed by atoms with van der Waals surface area (Å²) in [6.07, 6.45) is 0.731. The third-order valence-electron chi connectivity index (χ3n) is 3.25. The molecule has 0 aliphatic rings. The normalized spacial score (nSPS) is 10.3. The number of ether oxygens (including phenoxy) is 1. The number of methoxy groups -OCH3 is 1. The smallest absolute Gasteiger partial charge is 0.148 e. The predicted molar refractivity (Wildman–Crippen MR) is 85.0 cm³/mol. The van der Waals surface area contributed by atoms with E-state index >= 15 is 0 Å². The molecule has 1 aromatic heterocycles. The zero-order chi connectivity index (χ0) is 15.4. The monoisotopic (exact) mass is 287 g/mol. The fraction of sp³-hybridized carbons (Fsp3) is 0.333. The summed E-state index contributed by atoms with van der Waals surface area (Å²) >= 11 is 0. The second-order valence-corrected chi connectivity index (χ2v) is 4.79. The maximum Gasteiger partial charge on any atom is 0.148 e. The number of hydrogen-bond acceptors (Lipinski definition) is 6. The topological polar surface area (TPSA) is 85.1 Å². The molecule has 0 unspecified atom stereocenters. The van der Waals surface area contributed by atoms with Gasteiger partial charge in [0.2, 0.25) is 0 Å². The van der Waals surface area contributed by atoms with Crippen molar-refractivity contribution in [3.05, 3.63) is 35.2 Å². The summed E-state index contributed by atoms with van der Waals surface area (Å²) in [5, 5.41) is 3.31. The van der Waals surface area contributed by atoms with E-state index in [1.165, 1.54) is 0 Å². The number of nitrogens with two attached hydrogens (primary N) is 1. The minimum Gasteiger partial charge on any atom is -0.495 e. The lowest BCUT2D eigenvalue weighted by Crippen LogP contribution is -2.14. The molecule has 0 fully saturated rings. The number of hydrazine groups is 1. The van der Waals surface area contributed by atoms with Gasteiger partial charge in [-0.05, 0) is 31.5 Å². The van der Waals surface area contributed by atoms with Crippen LogP contribution in [-0.4, -0.2) is 17.1 Å². The summed E-state index contributed by atoms with van der Waals surface area (Å²) in [7, 11) is 1.65. The first-order chi connectivity index (χ1) is 10.1. The summed E-state index contributed by atoms with van der Waals surface area (Å²) in [5.41, 5.74) is 5.48. The van der Waals surface area contributed by atoms with Gasteiger partial charge in [-0.2, -0.15) is 0 Å². The van der Waals surface area contributed by atoms with Crippen molar-refractivity contribution in [2.75, 3.05) is 17.9 Å². The number of benzene rings is 1. The van der Waals surface area contributed by atoms with Crippen LogP contribution in [-0.2, 0) is 6.42 Å². The van der Waals surface area contributed by atoms with Crippen molar-refractivity contribution in [3.8, 4) is 5.75 Å². The van der Waals surface area contributed by atoms with E-state index in [2.05, 4.69) is 20.7 Å². The molecule has 112 valence electrons. The summed E-state index contributed by atoms with van der Waals surface area (Å²) in [6.45, 7) is 5.95. The number of rotatable bonds is 5. The van der Waals surface area contributed by atoms with Crippen LogP contribution in [0.25, 0.3) is 0 Å². The van der Waals surface area contributed by atoms with E-state index in [1.807, 2.05) is 39.0 Å². The number of anilines is 3. The standard InChI is InChI=1S/C15H21N5O/c1-5-13-18-14(10(3)15(19-13)20-16)17-11-8-9(2)6-7-12(11)21-4/h6-8H,5,16H2,1-4H3,(H2,17,18,19,20). The number of aryl methyl sites for hydroxylation is 2. The molecule has 0 radical (unpaired) electrons. The van der Waals surface area contributed by atoms with E-state index in [4.69, 9.17) is 10.6 Å². The van der Waals surface area contributed by atoms with Gasteiger partial charge < -0.3 is 15.5 Å². The summed E-state index contributed by atoms with van der Waals surface area (Å²) in [6, 6.07) is 5.94. The molecule has 0 spiro atoms. The Balaban J connectivity index is 2.46. The van der Waals surface area contributed by atoms with Gasteiger partial charge in [0, 0.05) is 12.0 Å². The minimum atomic E-state index is 0.621. The van der Waals surface area contributed by atoms with Crippen LogP contribution in [0.1, 0.15) is 23.9 Å². The maximum atomic E-state index is 5.52. The van der Waals surface area contributed by atoms with E-state index in [1.54, 1.807) is 7.11 Å². The fourth-order valence-corrected chi connectivity index (χ4v) is 2.03. The van der Waals surface area contributed by atoms with E-state index in [9.17, 15) is 0 Å². The van der Waals surface area contributed by atoms with Crippen LogP contribution in [0.4, 0.5) is 17.3 Å². The zero-order valence-corrected chi connectivity index (χ0v) is 12.8. The van der Waals surface area contributed by atoms with Gasteiger partial charge >= 0.3 is 0 Å². The predicted octanol–water partition coefficient (Wildman–Crippen LogP) is 2.69. The van der Waals surface area contributed by atoms with Gasteiger partial charge in [0.1, 0.15) is 23.2 Å². The van der Waals surface area contributed by atoms with E-state index in [0.717, 1.165) is 40.6 Å². The Morgan fingerprint density at radius 2 is 1.90 bits per heavy atom. The Hall–Kier alpha value is -2.34.